The van der Waals surface area contributed by atoms with Crippen LogP contribution in [0.3, 0.4) is 0 Å². The maximum absolute atomic E-state index is 12.0. The van der Waals surface area contributed by atoms with Crippen LogP contribution < -0.4 is 10.1 Å². The van der Waals surface area contributed by atoms with Gasteiger partial charge in [-0.1, -0.05) is 18.5 Å². The lowest BCUT2D eigenvalue weighted by Gasteiger charge is -2.34. The standard InChI is InChI=1S/C12H14ClF2NO/c1-7-4-9(5-7)16-8-2-3-11(10(13)6-8)17-12(14)15/h2-3,6-7,9,12,16H,4-5H2,1H3. The minimum Gasteiger partial charge on any atom is -0.433 e. The van der Waals surface area contributed by atoms with Crippen molar-refractivity contribution in [2.45, 2.75) is 32.4 Å². The first-order valence-electron chi connectivity index (χ1n) is 5.55. The summed E-state index contributed by atoms with van der Waals surface area (Å²) in [6.45, 7) is -0.649. The lowest BCUT2D eigenvalue weighted by atomic mass is 9.82. The Labute approximate surface area is 104 Å². The zero-order valence-electron chi connectivity index (χ0n) is 9.42. The van der Waals surface area contributed by atoms with Gasteiger partial charge in [-0.05, 0) is 37.0 Å². The Kier molecular flexibility index (Phi) is 3.72. The summed E-state index contributed by atoms with van der Waals surface area (Å²) in [5.74, 6) is 0.763. The van der Waals surface area contributed by atoms with Crippen LogP contribution in [0.2, 0.25) is 5.02 Å². The molecule has 1 aliphatic rings. The minimum absolute atomic E-state index is 0.00851. The molecule has 1 aromatic rings. The second-order valence-electron chi connectivity index (χ2n) is 4.44. The highest BCUT2D eigenvalue weighted by Gasteiger charge is 2.25. The summed E-state index contributed by atoms with van der Waals surface area (Å²) in [6.07, 6.45) is 2.26. The van der Waals surface area contributed by atoms with Gasteiger partial charge in [-0.3, -0.25) is 0 Å². The van der Waals surface area contributed by atoms with Crippen molar-refractivity contribution in [3.8, 4) is 5.75 Å². The van der Waals surface area contributed by atoms with Gasteiger partial charge in [0, 0.05) is 11.7 Å². The fourth-order valence-corrected chi connectivity index (χ4v) is 2.26. The first-order valence-corrected chi connectivity index (χ1v) is 5.93. The molecule has 0 saturated heterocycles. The van der Waals surface area contributed by atoms with Crippen LogP contribution in [-0.2, 0) is 0 Å². The van der Waals surface area contributed by atoms with Crippen molar-refractivity contribution in [2.75, 3.05) is 5.32 Å². The van der Waals surface area contributed by atoms with E-state index in [9.17, 15) is 8.78 Å². The molecule has 2 rings (SSSR count). The maximum atomic E-state index is 12.0. The van der Waals surface area contributed by atoms with E-state index < -0.39 is 6.61 Å². The van der Waals surface area contributed by atoms with Crippen molar-refractivity contribution in [1.29, 1.82) is 0 Å². The van der Waals surface area contributed by atoms with E-state index in [1.54, 1.807) is 12.1 Å². The fourth-order valence-electron chi connectivity index (χ4n) is 2.04. The van der Waals surface area contributed by atoms with Crippen LogP contribution in [0.5, 0.6) is 5.75 Å². The van der Waals surface area contributed by atoms with Crippen molar-refractivity contribution in [1.82, 2.24) is 0 Å². The van der Waals surface area contributed by atoms with Gasteiger partial charge in [0.2, 0.25) is 0 Å². The zero-order valence-corrected chi connectivity index (χ0v) is 10.2. The number of halogens is 3. The van der Waals surface area contributed by atoms with Crippen LogP contribution >= 0.6 is 11.6 Å². The highest BCUT2D eigenvalue weighted by molar-refractivity contribution is 6.32. The highest BCUT2D eigenvalue weighted by atomic mass is 35.5. The average molecular weight is 262 g/mol. The van der Waals surface area contributed by atoms with Crippen LogP contribution in [0.4, 0.5) is 14.5 Å². The number of hydrogen-bond acceptors (Lipinski definition) is 2. The normalized spacial score (nSPS) is 23.4. The molecule has 0 aliphatic heterocycles. The van der Waals surface area contributed by atoms with Gasteiger partial charge in [0.25, 0.3) is 0 Å². The van der Waals surface area contributed by atoms with Crippen LogP contribution in [0, 0.1) is 5.92 Å². The van der Waals surface area contributed by atoms with E-state index >= 15 is 0 Å². The minimum atomic E-state index is -2.85. The number of anilines is 1. The van der Waals surface area contributed by atoms with Gasteiger partial charge in [-0.2, -0.15) is 8.78 Å². The quantitative estimate of drug-likeness (QED) is 0.879. The van der Waals surface area contributed by atoms with Gasteiger partial charge >= 0.3 is 6.61 Å². The lowest BCUT2D eigenvalue weighted by Crippen LogP contribution is -2.33. The molecule has 1 fully saturated rings. The number of nitrogens with one attached hydrogen (secondary N) is 1. The molecule has 1 aliphatic carbocycles. The molecule has 0 radical (unpaired) electrons. The number of rotatable bonds is 4. The third-order valence-corrected chi connectivity index (χ3v) is 3.19. The summed E-state index contributed by atoms with van der Waals surface area (Å²) >= 11 is 5.85. The molecule has 0 atom stereocenters. The molecule has 0 amide bonds. The fraction of sp³-hybridized carbons (Fsp3) is 0.500. The van der Waals surface area contributed by atoms with E-state index in [4.69, 9.17) is 11.6 Å². The van der Waals surface area contributed by atoms with Crippen LogP contribution in [0.1, 0.15) is 19.8 Å². The number of benzene rings is 1. The third-order valence-electron chi connectivity index (χ3n) is 2.89. The van der Waals surface area contributed by atoms with Crippen LogP contribution in [0.15, 0.2) is 18.2 Å². The van der Waals surface area contributed by atoms with Gasteiger partial charge < -0.3 is 10.1 Å². The van der Waals surface area contributed by atoms with Crippen molar-refractivity contribution in [3.05, 3.63) is 23.2 Å². The van der Waals surface area contributed by atoms with Gasteiger partial charge in [0.05, 0.1) is 5.02 Å². The van der Waals surface area contributed by atoms with E-state index in [-0.39, 0.29) is 10.8 Å². The van der Waals surface area contributed by atoms with Gasteiger partial charge in [-0.25, -0.2) is 0 Å². The molecule has 1 N–H and O–H groups in total. The number of hydrogen-bond donors (Lipinski definition) is 1. The zero-order chi connectivity index (χ0) is 12.4. The molecule has 0 bridgehead atoms. The summed E-state index contributed by atoms with van der Waals surface area (Å²) in [4.78, 5) is 0. The van der Waals surface area contributed by atoms with Crippen LogP contribution in [0.25, 0.3) is 0 Å². The van der Waals surface area contributed by atoms with Crippen molar-refractivity contribution >= 4 is 17.3 Å². The molecule has 5 heteroatoms. The summed E-state index contributed by atoms with van der Waals surface area (Å²) in [6, 6.07) is 5.23. The predicted molar refractivity (Wildman–Crippen MR) is 63.9 cm³/mol. The Bertz CT molecular complexity index is 394. The van der Waals surface area contributed by atoms with Crippen LogP contribution in [-0.4, -0.2) is 12.7 Å². The third kappa shape index (κ3) is 3.22. The van der Waals surface area contributed by atoms with Gasteiger partial charge in [0.1, 0.15) is 5.75 Å². The second kappa shape index (κ2) is 5.08. The average Bonchev–Trinajstić information content (AvgIpc) is 2.19. The molecule has 1 aromatic carbocycles. The Balaban J connectivity index is 1.98. The van der Waals surface area contributed by atoms with E-state index in [1.807, 2.05) is 0 Å². The molecule has 17 heavy (non-hydrogen) atoms. The predicted octanol–water partition coefficient (Wildman–Crippen LogP) is 4.15. The van der Waals surface area contributed by atoms with Crippen molar-refractivity contribution in [2.24, 2.45) is 5.92 Å². The molecule has 0 aromatic heterocycles. The second-order valence-corrected chi connectivity index (χ2v) is 4.85. The summed E-state index contributed by atoms with van der Waals surface area (Å²) in [5.41, 5.74) is 0.841. The molecule has 2 nitrogen and oxygen atoms in total. The number of ether oxygens (including phenoxy) is 1. The molecule has 0 unspecified atom stereocenters. The molecular weight excluding hydrogens is 248 g/mol. The molecule has 1 saturated carbocycles. The molecular formula is C12H14ClF2NO. The van der Waals surface area contributed by atoms with E-state index in [1.165, 1.54) is 6.07 Å². The Morgan fingerprint density at radius 2 is 2.12 bits per heavy atom. The SMILES string of the molecule is CC1CC(Nc2ccc(OC(F)F)c(Cl)c2)C1. The number of alkyl halides is 2. The van der Waals surface area contributed by atoms with Gasteiger partial charge in [0.15, 0.2) is 0 Å². The topological polar surface area (TPSA) is 21.3 Å². The molecule has 0 spiro atoms. The smallest absolute Gasteiger partial charge is 0.387 e. The first kappa shape index (κ1) is 12.4. The van der Waals surface area contributed by atoms with E-state index in [0.29, 0.717) is 6.04 Å². The monoisotopic (exact) mass is 261 g/mol. The summed E-state index contributed by atoms with van der Waals surface area (Å²) in [5, 5.41) is 3.50. The lowest BCUT2D eigenvalue weighted by molar-refractivity contribution is -0.0497. The molecule has 94 valence electrons. The van der Waals surface area contributed by atoms with Crippen molar-refractivity contribution in [3.63, 3.8) is 0 Å². The highest BCUT2D eigenvalue weighted by Crippen LogP contribution is 2.33. The molecule has 0 heterocycles. The van der Waals surface area contributed by atoms with Crippen molar-refractivity contribution < 1.29 is 13.5 Å². The Hall–Kier alpha value is -1.03. The summed E-state index contributed by atoms with van der Waals surface area (Å²) in [7, 11) is 0. The van der Waals surface area contributed by atoms with Gasteiger partial charge in [-0.15, -0.1) is 0 Å². The Morgan fingerprint density at radius 3 is 2.65 bits per heavy atom. The maximum Gasteiger partial charge on any atom is 0.387 e. The Morgan fingerprint density at radius 1 is 1.41 bits per heavy atom. The summed E-state index contributed by atoms with van der Waals surface area (Å²) < 4.78 is 28.3. The largest absolute Gasteiger partial charge is 0.433 e. The first-order chi connectivity index (χ1) is 8.04. The van der Waals surface area contributed by atoms with E-state index in [2.05, 4.69) is 17.0 Å². The van der Waals surface area contributed by atoms with E-state index in [0.717, 1.165) is 24.4 Å².